The van der Waals surface area contributed by atoms with Crippen LogP contribution in [-0.2, 0) is 25.7 Å². The van der Waals surface area contributed by atoms with Crippen molar-refractivity contribution in [1.29, 1.82) is 0 Å². The number of benzene rings is 3. The van der Waals surface area contributed by atoms with Gasteiger partial charge in [0.1, 0.15) is 12.4 Å². The number of carbonyl (C=O) groups is 2. The van der Waals surface area contributed by atoms with Crippen molar-refractivity contribution in [2.75, 3.05) is 26.9 Å². The first kappa shape index (κ1) is 34.9. The molecular formula is C35H32BrClN2O8S. The summed E-state index contributed by atoms with van der Waals surface area (Å²) in [5, 5.41) is 0.622. The second-order valence-electron chi connectivity index (χ2n) is 10.4. The number of ether oxygens (including phenoxy) is 5. The van der Waals surface area contributed by atoms with E-state index in [-0.39, 0.29) is 24.3 Å². The van der Waals surface area contributed by atoms with Crippen molar-refractivity contribution in [3.05, 3.63) is 118 Å². The zero-order valence-electron chi connectivity index (χ0n) is 26.6. The number of rotatable bonds is 12. The van der Waals surface area contributed by atoms with Gasteiger partial charge in [-0.1, -0.05) is 53.3 Å². The molecule has 10 nitrogen and oxygen atoms in total. The molecular weight excluding hydrogens is 724 g/mol. The van der Waals surface area contributed by atoms with E-state index < -0.39 is 18.0 Å². The summed E-state index contributed by atoms with van der Waals surface area (Å²) in [5.74, 6) is 0.121. The minimum absolute atomic E-state index is 0.143. The number of nitrogens with zero attached hydrogens (tertiary/aromatic N) is 2. The lowest BCUT2D eigenvalue weighted by Gasteiger charge is -2.25. The first-order valence-electron chi connectivity index (χ1n) is 15.0. The van der Waals surface area contributed by atoms with Gasteiger partial charge in [-0.25, -0.2) is 14.6 Å². The summed E-state index contributed by atoms with van der Waals surface area (Å²) in [5.41, 5.74) is 2.50. The van der Waals surface area contributed by atoms with Crippen LogP contribution >= 0.6 is 38.9 Å². The van der Waals surface area contributed by atoms with Gasteiger partial charge in [-0.05, 0) is 84.2 Å². The molecule has 1 aliphatic rings. The molecule has 0 aliphatic carbocycles. The Morgan fingerprint density at radius 1 is 1.00 bits per heavy atom. The highest BCUT2D eigenvalue weighted by Gasteiger charge is 2.34. The third-order valence-electron chi connectivity index (χ3n) is 7.27. The third kappa shape index (κ3) is 7.67. The molecule has 0 fully saturated rings. The van der Waals surface area contributed by atoms with Gasteiger partial charge in [0.25, 0.3) is 5.56 Å². The van der Waals surface area contributed by atoms with E-state index in [9.17, 15) is 14.4 Å². The van der Waals surface area contributed by atoms with E-state index >= 15 is 0 Å². The van der Waals surface area contributed by atoms with Crippen molar-refractivity contribution >= 4 is 56.9 Å². The first-order chi connectivity index (χ1) is 23.1. The molecule has 250 valence electrons. The lowest BCUT2D eigenvalue weighted by atomic mass is 9.95. The largest absolute Gasteiger partial charge is 0.490 e. The Hall–Kier alpha value is -4.39. The standard InChI is InChI=1S/C35H32BrClN2O8S/c1-5-44-28-17-22(12-14-27(28)47-19-30(40)43-4)32-31(34(42)45-6-2)20(3)38-35-39(32)33(41)29(48-35)16-21-11-13-26(24(36)15-21)46-18-23-9-7-8-10-25(23)37/h7-17,32H,5-6,18-19H2,1-4H3/b29-16-/t32-/m1/s1. The van der Waals surface area contributed by atoms with Gasteiger partial charge >= 0.3 is 11.9 Å². The van der Waals surface area contributed by atoms with Crippen LogP contribution in [0, 0.1) is 0 Å². The summed E-state index contributed by atoms with van der Waals surface area (Å²) in [6.07, 6.45) is 1.77. The average Bonchev–Trinajstić information content (AvgIpc) is 3.37. The number of hydrogen-bond acceptors (Lipinski definition) is 10. The van der Waals surface area contributed by atoms with Crippen LogP contribution in [-0.4, -0.2) is 43.4 Å². The van der Waals surface area contributed by atoms with E-state index in [2.05, 4.69) is 25.7 Å². The van der Waals surface area contributed by atoms with Crippen LogP contribution in [0.4, 0.5) is 0 Å². The fraction of sp³-hybridized carbons (Fsp3) is 0.257. The maximum Gasteiger partial charge on any atom is 0.343 e. The molecule has 5 rings (SSSR count). The predicted octanol–water partition coefficient (Wildman–Crippen LogP) is 5.74. The topological polar surface area (TPSA) is 115 Å². The fourth-order valence-electron chi connectivity index (χ4n) is 5.03. The quantitative estimate of drug-likeness (QED) is 0.168. The normalized spacial score (nSPS) is 14.2. The van der Waals surface area contributed by atoms with Gasteiger partial charge in [-0.2, -0.15) is 0 Å². The molecule has 0 N–H and O–H groups in total. The van der Waals surface area contributed by atoms with Crippen LogP contribution in [0.2, 0.25) is 5.02 Å². The number of thiazole rings is 1. The summed E-state index contributed by atoms with van der Waals surface area (Å²) >= 11 is 11.1. The number of hydrogen-bond donors (Lipinski definition) is 0. The van der Waals surface area contributed by atoms with Gasteiger partial charge in [-0.3, -0.25) is 9.36 Å². The van der Waals surface area contributed by atoms with E-state index in [1.807, 2.05) is 49.4 Å². The molecule has 0 spiro atoms. The maximum absolute atomic E-state index is 14.1. The van der Waals surface area contributed by atoms with Crippen LogP contribution in [0.5, 0.6) is 17.2 Å². The van der Waals surface area contributed by atoms with Gasteiger partial charge in [0.05, 0.1) is 46.6 Å². The maximum atomic E-state index is 14.1. The Bertz CT molecular complexity index is 2070. The van der Waals surface area contributed by atoms with Crippen LogP contribution in [0.1, 0.15) is 43.5 Å². The summed E-state index contributed by atoms with van der Waals surface area (Å²) in [6.45, 7) is 5.66. The second kappa shape index (κ2) is 15.7. The van der Waals surface area contributed by atoms with Gasteiger partial charge in [0, 0.05) is 10.6 Å². The highest BCUT2D eigenvalue weighted by Crippen LogP contribution is 2.36. The Morgan fingerprint density at radius 2 is 1.77 bits per heavy atom. The molecule has 3 aromatic carbocycles. The molecule has 1 aliphatic heterocycles. The van der Waals surface area contributed by atoms with Crippen LogP contribution in [0.25, 0.3) is 6.08 Å². The number of esters is 2. The molecule has 0 saturated heterocycles. The molecule has 0 radical (unpaired) electrons. The van der Waals surface area contributed by atoms with Gasteiger partial charge in [0.2, 0.25) is 0 Å². The number of carbonyl (C=O) groups excluding carboxylic acids is 2. The summed E-state index contributed by atoms with van der Waals surface area (Å²) < 4.78 is 30.1. The average molecular weight is 756 g/mol. The predicted molar refractivity (Wildman–Crippen MR) is 185 cm³/mol. The Labute approximate surface area is 294 Å². The second-order valence-corrected chi connectivity index (χ2v) is 12.6. The summed E-state index contributed by atoms with van der Waals surface area (Å²) in [4.78, 5) is 44.2. The van der Waals surface area contributed by atoms with E-state index in [4.69, 9.17) is 30.5 Å². The fourth-order valence-corrected chi connectivity index (χ4v) is 6.78. The molecule has 2 heterocycles. The van der Waals surface area contributed by atoms with Crippen molar-refractivity contribution in [3.8, 4) is 17.2 Å². The molecule has 0 bridgehead atoms. The minimum Gasteiger partial charge on any atom is -0.490 e. The number of allylic oxidation sites excluding steroid dienone is 1. The minimum atomic E-state index is -0.872. The Morgan fingerprint density at radius 3 is 2.48 bits per heavy atom. The number of fused-ring (bicyclic) bond motifs is 1. The number of methoxy groups -OCH3 is 1. The summed E-state index contributed by atoms with van der Waals surface area (Å²) in [6, 6.07) is 17.1. The first-order valence-corrected chi connectivity index (χ1v) is 17.0. The van der Waals surface area contributed by atoms with E-state index in [0.29, 0.717) is 60.6 Å². The van der Waals surface area contributed by atoms with Crippen molar-refractivity contribution in [3.63, 3.8) is 0 Å². The lowest BCUT2D eigenvalue weighted by Crippen LogP contribution is -2.40. The van der Waals surface area contributed by atoms with Gasteiger partial charge < -0.3 is 23.7 Å². The molecule has 13 heteroatoms. The molecule has 1 aromatic heterocycles. The van der Waals surface area contributed by atoms with Crippen molar-refractivity contribution < 1.29 is 33.3 Å². The van der Waals surface area contributed by atoms with Crippen molar-refractivity contribution in [2.24, 2.45) is 4.99 Å². The monoisotopic (exact) mass is 754 g/mol. The Balaban J connectivity index is 1.55. The van der Waals surface area contributed by atoms with E-state index in [0.717, 1.165) is 11.1 Å². The Kier molecular flexibility index (Phi) is 11.4. The summed E-state index contributed by atoms with van der Waals surface area (Å²) in [7, 11) is 1.27. The van der Waals surface area contributed by atoms with E-state index in [1.54, 1.807) is 38.1 Å². The van der Waals surface area contributed by atoms with Crippen LogP contribution in [0.3, 0.4) is 0 Å². The number of halogens is 2. The SMILES string of the molecule is CCOC(=O)C1=C(C)N=c2s/c(=C\c3ccc(OCc4ccccc4Cl)c(Br)c3)c(=O)n2[C@@H]1c1ccc(OCC(=O)OC)c(OCC)c1. The molecule has 4 aromatic rings. The molecule has 0 amide bonds. The highest BCUT2D eigenvalue weighted by molar-refractivity contribution is 9.10. The lowest BCUT2D eigenvalue weighted by molar-refractivity contribution is -0.143. The van der Waals surface area contributed by atoms with Gasteiger partial charge in [0.15, 0.2) is 22.9 Å². The molecule has 0 unspecified atom stereocenters. The zero-order valence-corrected chi connectivity index (χ0v) is 29.7. The third-order valence-corrected chi connectivity index (χ3v) is 9.24. The smallest absolute Gasteiger partial charge is 0.343 e. The molecule has 48 heavy (non-hydrogen) atoms. The van der Waals surface area contributed by atoms with Crippen molar-refractivity contribution in [1.82, 2.24) is 4.57 Å². The molecule has 1 atom stereocenters. The molecule has 0 saturated carbocycles. The highest BCUT2D eigenvalue weighted by atomic mass is 79.9. The number of aromatic nitrogens is 1. The van der Waals surface area contributed by atoms with E-state index in [1.165, 1.54) is 23.0 Å². The van der Waals surface area contributed by atoms with Crippen LogP contribution < -0.4 is 29.1 Å². The van der Waals surface area contributed by atoms with Crippen molar-refractivity contribution in [2.45, 2.75) is 33.4 Å². The van der Waals surface area contributed by atoms with Crippen LogP contribution in [0.15, 0.2) is 86.2 Å². The zero-order chi connectivity index (χ0) is 34.4. The van der Waals surface area contributed by atoms with Gasteiger partial charge in [-0.15, -0.1) is 0 Å².